The molecule has 0 amide bonds. The van der Waals surface area contributed by atoms with Crippen molar-refractivity contribution >= 4 is 23.2 Å². The molecular weight excluding hydrogens is 275 g/mol. The lowest BCUT2D eigenvalue weighted by Crippen LogP contribution is -2.40. The van der Waals surface area contributed by atoms with Gasteiger partial charge in [0, 0.05) is 13.2 Å². The van der Waals surface area contributed by atoms with Crippen LogP contribution in [0.1, 0.15) is 5.56 Å². The van der Waals surface area contributed by atoms with Crippen LogP contribution in [0.3, 0.4) is 0 Å². The molecule has 3 N–H and O–H groups in total. The third-order valence-electron chi connectivity index (χ3n) is 2.45. The quantitative estimate of drug-likeness (QED) is 0.437. The summed E-state index contributed by atoms with van der Waals surface area (Å²) in [4.78, 5) is 0. The third-order valence-corrected chi connectivity index (χ3v) is 3.19. The lowest BCUT2D eigenvalue weighted by atomic mass is 10.1. The van der Waals surface area contributed by atoms with Crippen molar-refractivity contribution in [2.24, 2.45) is 5.84 Å². The summed E-state index contributed by atoms with van der Waals surface area (Å²) in [5.41, 5.74) is 3.78. The molecule has 0 fully saturated rings. The van der Waals surface area contributed by atoms with E-state index in [-0.39, 0.29) is 6.04 Å². The number of hydrogen-bond donors (Lipinski definition) is 2. The largest absolute Gasteiger partial charge is 0.382 e. The van der Waals surface area contributed by atoms with E-state index in [0.717, 1.165) is 12.0 Å². The van der Waals surface area contributed by atoms with Gasteiger partial charge in [-0.2, -0.15) is 0 Å². The summed E-state index contributed by atoms with van der Waals surface area (Å²) in [7, 11) is 1.64. The first kappa shape index (κ1) is 15.7. The third kappa shape index (κ3) is 5.52. The van der Waals surface area contributed by atoms with Crippen molar-refractivity contribution in [3.05, 3.63) is 33.8 Å². The van der Waals surface area contributed by atoms with Crippen LogP contribution in [0.2, 0.25) is 10.0 Å². The van der Waals surface area contributed by atoms with Crippen molar-refractivity contribution in [2.45, 2.75) is 12.5 Å². The molecule has 1 unspecified atom stereocenters. The van der Waals surface area contributed by atoms with Gasteiger partial charge in [0.1, 0.15) is 0 Å². The van der Waals surface area contributed by atoms with Gasteiger partial charge < -0.3 is 9.47 Å². The van der Waals surface area contributed by atoms with Crippen LogP contribution in [0.25, 0.3) is 0 Å². The molecule has 4 nitrogen and oxygen atoms in total. The summed E-state index contributed by atoms with van der Waals surface area (Å²) < 4.78 is 10.3. The van der Waals surface area contributed by atoms with Crippen LogP contribution in [-0.4, -0.2) is 33.0 Å². The molecule has 0 aliphatic rings. The molecule has 0 aromatic heterocycles. The van der Waals surface area contributed by atoms with Crippen molar-refractivity contribution in [1.29, 1.82) is 0 Å². The van der Waals surface area contributed by atoms with Gasteiger partial charge in [-0.15, -0.1) is 0 Å². The number of nitrogens with one attached hydrogen (secondary N) is 1. The van der Waals surface area contributed by atoms with E-state index in [2.05, 4.69) is 5.43 Å². The summed E-state index contributed by atoms with van der Waals surface area (Å²) >= 11 is 11.8. The second-order valence-electron chi connectivity index (χ2n) is 3.88. The summed E-state index contributed by atoms with van der Waals surface area (Å²) in [6, 6.07) is 5.56. The highest BCUT2D eigenvalue weighted by Gasteiger charge is 2.09. The van der Waals surface area contributed by atoms with E-state index in [4.69, 9.17) is 38.5 Å². The number of halogens is 2. The Morgan fingerprint density at radius 2 is 2.06 bits per heavy atom. The van der Waals surface area contributed by atoms with Gasteiger partial charge in [0.2, 0.25) is 0 Å². The first-order chi connectivity index (χ1) is 8.67. The van der Waals surface area contributed by atoms with Crippen molar-refractivity contribution in [2.75, 3.05) is 26.9 Å². The molecule has 0 spiro atoms. The van der Waals surface area contributed by atoms with E-state index >= 15 is 0 Å². The van der Waals surface area contributed by atoms with Gasteiger partial charge in [0.05, 0.1) is 29.9 Å². The van der Waals surface area contributed by atoms with Crippen LogP contribution in [0, 0.1) is 0 Å². The van der Waals surface area contributed by atoms with Crippen LogP contribution in [0.4, 0.5) is 0 Å². The molecule has 1 aromatic rings. The zero-order valence-corrected chi connectivity index (χ0v) is 11.8. The highest BCUT2D eigenvalue weighted by atomic mass is 35.5. The van der Waals surface area contributed by atoms with Gasteiger partial charge in [-0.05, 0) is 24.1 Å². The maximum atomic E-state index is 5.95. The first-order valence-corrected chi connectivity index (χ1v) is 6.39. The zero-order valence-electron chi connectivity index (χ0n) is 10.3. The van der Waals surface area contributed by atoms with Crippen molar-refractivity contribution in [3.8, 4) is 0 Å². The highest BCUT2D eigenvalue weighted by molar-refractivity contribution is 6.42. The van der Waals surface area contributed by atoms with Crippen LogP contribution in [-0.2, 0) is 15.9 Å². The molecule has 6 heteroatoms. The summed E-state index contributed by atoms with van der Waals surface area (Å²) in [5, 5.41) is 1.10. The molecule has 0 bridgehead atoms. The van der Waals surface area contributed by atoms with Crippen molar-refractivity contribution in [3.63, 3.8) is 0 Å². The van der Waals surface area contributed by atoms with Gasteiger partial charge >= 0.3 is 0 Å². The molecule has 0 heterocycles. The number of hydrogen-bond acceptors (Lipinski definition) is 4. The summed E-state index contributed by atoms with van der Waals surface area (Å²) in [6.45, 7) is 1.64. The van der Waals surface area contributed by atoms with E-state index in [1.165, 1.54) is 0 Å². The predicted molar refractivity (Wildman–Crippen MR) is 74.0 cm³/mol. The predicted octanol–water partition coefficient (Wildman–Crippen LogP) is 2.03. The molecule has 0 radical (unpaired) electrons. The van der Waals surface area contributed by atoms with Gasteiger partial charge in [0.25, 0.3) is 0 Å². The second kappa shape index (κ2) is 8.69. The Balaban J connectivity index is 2.44. The number of methoxy groups -OCH3 is 1. The lowest BCUT2D eigenvalue weighted by Gasteiger charge is -2.16. The van der Waals surface area contributed by atoms with E-state index in [0.29, 0.717) is 29.9 Å². The van der Waals surface area contributed by atoms with Crippen LogP contribution in [0.5, 0.6) is 0 Å². The maximum absolute atomic E-state index is 5.95. The average Bonchev–Trinajstić information content (AvgIpc) is 2.37. The Hall–Kier alpha value is -0.360. The molecule has 0 saturated heterocycles. The Morgan fingerprint density at radius 3 is 2.67 bits per heavy atom. The van der Waals surface area contributed by atoms with E-state index in [1.807, 2.05) is 12.1 Å². The second-order valence-corrected chi connectivity index (χ2v) is 4.70. The normalized spacial score (nSPS) is 12.7. The fourth-order valence-corrected chi connectivity index (χ4v) is 1.81. The van der Waals surface area contributed by atoms with E-state index < -0.39 is 0 Å². The average molecular weight is 293 g/mol. The topological polar surface area (TPSA) is 56.5 Å². The summed E-state index contributed by atoms with van der Waals surface area (Å²) in [6.07, 6.45) is 0.723. The molecule has 0 aliphatic heterocycles. The minimum atomic E-state index is 0.0269. The molecule has 1 rings (SSSR count). The molecule has 1 aromatic carbocycles. The molecule has 0 saturated carbocycles. The lowest BCUT2D eigenvalue weighted by molar-refractivity contribution is 0.0587. The standard InChI is InChI=1S/C12H18Cl2N2O2/c1-17-4-5-18-8-10(16-15)6-9-2-3-11(13)12(14)7-9/h2-3,7,10,16H,4-6,8,15H2,1H3. The van der Waals surface area contributed by atoms with Crippen LogP contribution in [0.15, 0.2) is 18.2 Å². The van der Waals surface area contributed by atoms with E-state index in [9.17, 15) is 0 Å². The van der Waals surface area contributed by atoms with Gasteiger partial charge in [-0.1, -0.05) is 29.3 Å². The number of benzene rings is 1. The molecule has 0 aliphatic carbocycles. The number of nitrogens with two attached hydrogens (primary N) is 1. The van der Waals surface area contributed by atoms with E-state index in [1.54, 1.807) is 13.2 Å². The highest BCUT2D eigenvalue weighted by Crippen LogP contribution is 2.23. The molecule has 102 valence electrons. The molecule has 1 atom stereocenters. The monoisotopic (exact) mass is 292 g/mol. The zero-order chi connectivity index (χ0) is 13.4. The summed E-state index contributed by atoms with van der Waals surface area (Å²) in [5.74, 6) is 5.48. The number of rotatable bonds is 8. The van der Waals surface area contributed by atoms with Crippen molar-refractivity contribution < 1.29 is 9.47 Å². The minimum absolute atomic E-state index is 0.0269. The smallest absolute Gasteiger partial charge is 0.0701 e. The maximum Gasteiger partial charge on any atom is 0.0701 e. The van der Waals surface area contributed by atoms with Gasteiger partial charge in [-0.3, -0.25) is 11.3 Å². The molecular formula is C12H18Cl2N2O2. The van der Waals surface area contributed by atoms with Crippen molar-refractivity contribution in [1.82, 2.24) is 5.43 Å². The Kier molecular flexibility index (Phi) is 7.58. The van der Waals surface area contributed by atoms with Gasteiger partial charge in [-0.25, -0.2) is 0 Å². The Morgan fingerprint density at radius 1 is 1.28 bits per heavy atom. The number of hydrazine groups is 1. The molecule has 18 heavy (non-hydrogen) atoms. The fraction of sp³-hybridized carbons (Fsp3) is 0.500. The Labute approximate surface area is 117 Å². The number of ether oxygens (including phenoxy) is 2. The van der Waals surface area contributed by atoms with Crippen LogP contribution < -0.4 is 11.3 Å². The SMILES string of the molecule is COCCOCC(Cc1ccc(Cl)c(Cl)c1)NN. The van der Waals surface area contributed by atoms with Crippen LogP contribution >= 0.6 is 23.2 Å². The fourth-order valence-electron chi connectivity index (χ4n) is 1.48. The Bertz CT molecular complexity index is 364. The van der Waals surface area contributed by atoms with Gasteiger partial charge in [0.15, 0.2) is 0 Å². The minimum Gasteiger partial charge on any atom is -0.382 e. The first-order valence-electron chi connectivity index (χ1n) is 5.64.